The molecule has 0 amide bonds. The Morgan fingerprint density at radius 3 is 2.94 bits per heavy atom. The lowest BCUT2D eigenvalue weighted by atomic mass is 9.78. The Balaban J connectivity index is 2.30. The lowest BCUT2D eigenvalue weighted by molar-refractivity contribution is 0.329. The molecule has 2 nitrogen and oxygen atoms in total. The van der Waals surface area contributed by atoms with Gasteiger partial charge in [0.1, 0.15) is 0 Å². The molecular weight excluding hydrogens is 196 g/mol. The molecule has 0 radical (unpaired) electrons. The van der Waals surface area contributed by atoms with Crippen LogP contribution in [-0.4, -0.2) is 18.1 Å². The van der Waals surface area contributed by atoms with E-state index in [1.54, 1.807) is 0 Å². The van der Waals surface area contributed by atoms with Crippen LogP contribution >= 0.6 is 0 Å². The highest BCUT2D eigenvalue weighted by Crippen LogP contribution is 2.34. The van der Waals surface area contributed by atoms with Crippen LogP contribution in [0.15, 0.2) is 18.3 Å². The number of aryl methyl sites for hydroxylation is 1. The quantitative estimate of drug-likeness (QED) is 0.844. The maximum atomic E-state index is 4.61. The number of fused-ring (bicyclic) bond motifs is 1. The number of likely N-dealkylation sites (N-methyl/N-ethyl adjacent to an activating group) is 1. The van der Waals surface area contributed by atoms with E-state index in [4.69, 9.17) is 0 Å². The summed E-state index contributed by atoms with van der Waals surface area (Å²) in [4.78, 5) is 4.61. The minimum absolute atomic E-state index is 0.550. The predicted molar refractivity (Wildman–Crippen MR) is 67.6 cm³/mol. The van der Waals surface area contributed by atoms with Gasteiger partial charge in [-0.1, -0.05) is 19.9 Å². The lowest BCUT2D eigenvalue weighted by Crippen LogP contribution is -2.38. The van der Waals surface area contributed by atoms with Gasteiger partial charge in [0.15, 0.2) is 0 Å². The average molecular weight is 218 g/mol. The highest BCUT2D eigenvalue weighted by molar-refractivity contribution is 5.27. The fraction of sp³-hybridized carbons (Fsp3) is 0.643. The zero-order chi connectivity index (χ0) is 11.5. The van der Waals surface area contributed by atoms with Gasteiger partial charge in [-0.3, -0.25) is 4.98 Å². The van der Waals surface area contributed by atoms with Gasteiger partial charge in [-0.25, -0.2) is 0 Å². The zero-order valence-corrected chi connectivity index (χ0v) is 10.5. The van der Waals surface area contributed by atoms with Crippen LogP contribution in [0, 0.1) is 5.92 Å². The van der Waals surface area contributed by atoms with Gasteiger partial charge in [0.2, 0.25) is 0 Å². The molecule has 1 N–H and O–H groups in total. The number of nitrogens with zero attached hydrogens (tertiary/aromatic N) is 1. The molecule has 1 aliphatic rings. The number of rotatable bonds is 3. The standard InChI is InChI=1S/C14H22N2/c1-10(2)13(15-3)12-8-4-6-11-7-5-9-16-14(11)12/h5,7,9-10,12-13,15H,4,6,8H2,1-3H3. The topological polar surface area (TPSA) is 24.9 Å². The summed E-state index contributed by atoms with van der Waals surface area (Å²) in [5.41, 5.74) is 2.79. The Morgan fingerprint density at radius 1 is 1.44 bits per heavy atom. The van der Waals surface area contributed by atoms with E-state index in [1.807, 2.05) is 6.20 Å². The minimum Gasteiger partial charge on any atom is -0.316 e. The molecule has 0 saturated carbocycles. The molecule has 1 aromatic heterocycles. The summed E-state index contributed by atoms with van der Waals surface area (Å²) in [5, 5.41) is 3.47. The van der Waals surface area contributed by atoms with Gasteiger partial charge in [0.25, 0.3) is 0 Å². The molecule has 2 unspecified atom stereocenters. The molecule has 1 aliphatic carbocycles. The Labute approximate surface area is 98.5 Å². The number of hydrogen-bond donors (Lipinski definition) is 1. The number of pyridine rings is 1. The third kappa shape index (κ3) is 2.12. The first-order chi connectivity index (χ1) is 7.74. The largest absolute Gasteiger partial charge is 0.316 e. The van der Waals surface area contributed by atoms with E-state index >= 15 is 0 Å². The Hall–Kier alpha value is -0.890. The van der Waals surface area contributed by atoms with Gasteiger partial charge in [-0.15, -0.1) is 0 Å². The number of nitrogens with one attached hydrogen (secondary N) is 1. The van der Waals surface area contributed by atoms with Crippen molar-refractivity contribution in [2.24, 2.45) is 5.92 Å². The first-order valence-corrected chi connectivity index (χ1v) is 6.35. The van der Waals surface area contributed by atoms with Crippen molar-refractivity contribution in [2.75, 3.05) is 7.05 Å². The van der Waals surface area contributed by atoms with E-state index < -0.39 is 0 Å². The normalized spacial score (nSPS) is 21.9. The fourth-order valence-electron chi connectivity index (χ4n) is 2.99. The van der Waals surface area contributed by atoms with Crippen molar-refractivity contribution in [1.29, 1.82) is 0 Å². The van der Waals surface area contributed by atoms with Gasteiger partial charge >= 0.3 is 0 Å². The summed E-state index contributed by atoms with van der Waals surface area (Å²) in [6, 6.07) is 4.85. The molecule has 0 spiro atoms. The second-order valence-corrected chi connectivity index (χ2v) is 5.10. The molecule has 16 heavy (non-hydrogen) atoms. The monoisotopic (exact) mass is 218 g/mol. The number of hydrogen-bond acceptors (Lipinski definition) is 2. The van der Waals surface area contributed by atoms with Crippen molar-refractivity contribution < 1.29 is 0 Å². The summed E-state index contributed by atoms with van der Waals surface area (Å²) in [6.45, 7) is 4.58. The molecule has 0 fully saturated rings. The van der Waals surface area contributed by atoms with Crippen molar-refractivity contribution in [3.05, 3.63) is 29.6 Å². The van der Waals surface area contributed by atoms with Crippen LogP contribution in [0.2, 0.25) is 0 Å². The highest BCUT2D eigenvalue weighted by atomic mass is 14.9. The van der Waals surface area contributed by atoms with Crippen LogP contribution < -0.4 is 5.32 Å². The van der Waals surface area contributed by atoms with Crippen LogP contribution in [-0.2, 0) is 6.42 Å². The summed E-state index contributed by atoms with van der Waals surface area (Å²) >= 11 is 0. The molecule has 2 atom stereocenters. The molecule has 0 bridgehead atoms. The third-order valence-electron chi connectivity index (χ3n) is 3.72. The Kier molecular flexibility index (Phi) is 3.59. The van der Waals surface area contributed by atoms with E-state index in [0.717, 1.165) is 0 Å². The lowest BCUT2D eigenvalue weighted by Gasteiger charge is -2.33. The van der Waals surface area contributed by atoms with Crippen LogP contribution in [0.4, 0.5) is 0 Å². The van der Waals surface area contributed by atoms with Crippen molar-refractivity contribution >= 4 is 0 Å². The molecule has 1 heterocycles. The summed E-state index contributed by atoms with van der Waals surface area (Å²) in [7, 11) is 2.07. The maximum Gasteiger partial charge on any atom is 0.0482 e. The molecule has 2 rings (SSSR count). The fourth-order valence-corrected chi connectivity index (χ4v) is 2.99. The van der Waals surface area contributed by atoms with Gasteiger partial charge in [-0.05, 0) is 43.9 Å². The maximum absolute atomic E-state index is 4.61. The number of aromatic nitrogens is 1. The van der Waals surface area contributed by atoms with E-state index in [-0.39, 0.29) is 0 Å². The van der Waals surface area contributed by atoms with Gasteiger partial charge in [0, 0.05) is 23.9 Å². The molecule has 2 heteroatoms. The molecule has 88 valence electrons. The van der Waals surface area contributed by atoms with E-state index in [2.05, 4.69) is 43.3 Å². The Morgan fingerprint density at radius 2 is 2.25 bits per heavy atom. The summed E-state index contributed by atoms with van der Waals surface area (Å²) < 4.78 is 0. The first-order valence-electron chi connectivity index (χ1n) is 6.35. The molecule has 1 aromatic rings. The Bertz CT molecular complexity index is 346. The van der Waals surface area contributed by atoms with Gasteiger partial charge in [-0.2, -0.15) is 0 Å². The second kappa shape index (κ2) is 4.96. The minimum atomic E-state index is 0.550. The van der Waals surface area contributed by atoms with Crippen molar-refractivity contribution in [1.82, 2.24) is 10.3 Å². The van der Waals surface area contributed by atoms with Gasteiger partial charge < -0.3 is 5.32 Å². The predicted octanol–water partition coefficient (Wildman–Crippen LogP) is 2.75. The van der Waals surface area contributed by atoms with Crippen LogP contribution in [0.5, 0.6) is 0 Å². The van der Waals surface area contributed by atoms with E-state index in [0.29, 0.717) is 17.9 Å². The molecule has 0 aliphatic heterocycles. The van der Waals surface area contributed by atoms with Crippen molar-refractivity contribution in [2.45, 2.75) is 45.1 Å². The highest BCUT2D eigenvalue weighted by Gasteiger charge is 2.29. The van der Waals surface area contributed by atoms with E-state index in [9.17, 15) is 0 Å². The average Bonchev–Trinajstić information content (AvgIpc) is 2.30. The van der Waals surface area contributed by atoms with Crippen molar-refractivity contribution in [3.8, 4) is 0 Å². The zero-order valence-electron chi connectivity index (χ0n) is 10.5. The van der Waals surface area contributed by atoms with E-state index in [1.165, 1.54) is 30.5 Å². The van der Waals surface area contributed by atoms with Gasteiger partial charge in [0.05, 0.1) is 0 Å². The summed E-state index contributed by atoms with van der Waals surface area (Å²) in [5.74, 6) is 1.25. The third-order valence-corrected chi connectivity index (χ3v) is 3.72. The smallest absolute Gasteiger partial charge is 0.0482 e. The first kappa shape index (κ1) is 11.6. The second-order valence-electron chi connectivity index (χ2n) is 5.10. The molecule has 0 aromatic carbocycles. The van der Waals surface area contributed by atoms with Crippen molar-refractivity contribution in [3.63, 3.8) is 0 Å². The SMILES string of the molecule is CNC(C(C)C)C1CCCc2cccnc21. The molecule has 0 saturated heterocycles. The van der Waals surface area contributed by atoms with Crippen LogP contribution in [0.1, 0.15) is 43.9 Å². The molecular formula is C14H22N2. The summed E-state index contributed by atoms with van der Waals surface area (Å²) in [6.07, 6.45) is 5.71. The van der Waals surface area contributed by atoms with Crippen LogP contribution in [0.25, 0.3) is 0 Å². The van der Waals surface area contributed by atoms with Crippen LogP contribution in [0.3, 0.4) is 0 Å².